The molecule has 0 saturated heterocycles. The van der Waals surface area contributed by atoms with E-state index < -0.39 is 0 Å². The Morgan fingerprint density at radius 1 is 1.07 bits per heavy atom. The third-order valence-electron chi connectivity index (χ3n) is 4.43. The zero-order valence-corrected chi connectivity index (χ0v) is 16.4. The second kappa shape index (κ2) is 9.33. The number of carbonyl (C=O) groups is 1. The number of aromatic nitrogens is 2. The first-order valence-electron chi connectivity index (χ1n) is 9.19. The molecule has 1 atom stereocenters. The van der Waals surface area contributed by atoms with Gasteiger partial charge in [-0.1, -0.05) is 60.1 Å². The van der Waals surface area contributed by atoms with Crippen LogP contribution in [0.5, 0.6) is 0 Å². The van der Waals surface area contributed by atoms with Crippen molar-refractivity contribution >= 4 is 17.5 Å². The maximum absolute atomic E-state index is 12.4. The molecule has 0 saturated carbocycles. The number of nitrogens with one attached hydrogen (secondary N) is 1. The van der Waals surface area contributed by atoms with Crippen LogP contribution >= 0.6 is 11.6 Å². The van der Waals surface area contributed by atoms with Gasteiger partial charge in [-0.15, -0.1) is 0 Å². The summed E-state index contributed by atoms with van der Waals surface area (Å²) in [5.74, 6) is -0.244. The van der Waals surface area contributed by atoms with Crippen LogP contribution in [-0.4, -0.2) is 21.7 Å². The molecule has 3 aromatic rings. The third-order valence-corrected chi connectivity index (χ3v) is 4.76. The molecule has 1 amide bonds. The van der Waals surface area contributed by atoms with Gasteiger partial charge in [0, 0.05) is 17.7 Å². The molecule has 0 aliphatic heterocycles. The van der Waals surface area contributed by atoms with E-state index in [9.17, 15) is 9.59 Å². The van der Waals surface area contributed by atoms with Crippen molar-refractivity contribution in [1.82, 2.24) is 15.1 Å². The molecule has 144 valence electrons. The van der Waals surface area contributed by atoms with Gasteiger partial charge in [0.25, 0.3) is 5.56 Å². The number of hydrogen-bond acceptors (Lipinski definition) is 3. The van der Waals surface area contributed by atoms with Gasteiger partial charge in [-0.3, -0.25) is 9.59 Å². The molecule has 0 fully saturated rings. The lowest BCUT2D eigenvalue weighted by atomic mass is 10.1. The smallest absolute Gasteiger partial charge is 0.267 e. The van der Waals surface area contributed by atoms with Crippen molar-refractivity contribution in [3.63, 3.8) is 0 Å². The fraction of sp³-hybridized carbons (Fsp3) is 0.227. The van der Waals surface area contributed by atoms with Crippen molar-refractivity contribution in [2.24, 2.45) is 0 Å². The Bertz CT molecular complexity index is 1000. The van der Waals surface area contributed by atoms with Crippen LogP contribution in [0, 0.1) is 0 Å². The third kappa shape index (κ3) is 5.30. The SMILES string of the molecule is CC(CCc1ccccc1)NC(=O)Cn1nc(-c2ccccc2Cl)ccc1=O. The molecule has 2 aromatic carbocycles. The molecule has 1 aromatic heterocycles. The summed E-state index contributed by atoms with van der Waals surface area (Å²) in [5, 5.41) is 7.78. The van der Waals surface area contributed by atoms with E-state index in [1.807, 2.05) is 43.3 Å². The molecule has 1 unspecified atom stereocenters. The molecule has 28 heavy (non-hydrogen) atoms. The van der Waals surface area contributed by atoms with E-state index in [-0.39, 0.29) is 24.1 Å². The standard InChI is InChI=1S/C22H22ClN3O2/c1-16(11-12-17-7-3-2-4-8-17)24-21(27)15-26-22(28)14-13-20(25-26)18-9-5-6-10-19(18)23/h2-10,13-14,16H,11-12,15H2,1H3,(H,24,27). The number of aryl methyl sites for hydroxylation is 1. The molecule has 0 bridgehead atoms. The first-order chi connectivity index (χ1) is 13.5. The lowest BCUT2D eigenvalue weighted by molar-refractivity contribution is -0.122. The number of halogens is 1. The predicted octanol–water partition coefficient (Wildman–Crippen LogP) is 3.70. The van der Waals surface area contributed by atoms with Crippen LogP contribution < -0.4 is 10.9 Å². The number of benzene rings is 2. The lowest BCUT2D eigenvalue weighted by Gasteiger charge is -2.14. The average molecular weight is 396 g/mol. The second-order valence-electron chi connectivity index (χ2n) is 6.69. The Labute approximate surface area is 169 Å². The van der Waals surface area contributed by atoms with Crippen molar-refractivity contribution in [3.8, 4) is 11.3 Å². The van der Waals surface area contributed by atoms with E-state index >= 15 is 0 Å². The van der Waals surface area contributed by atoms with Crippen LogP contribution in [0.25, 0.3) is 11.3 Å². The molecular formula is C22H22ClN3O2. The van der Waals surface area contributed by atoms with Gasteiger partial charge in [0.15, 0.2) is 0 Å². The quantitative estimate of drug-likeness (QED) is 0.663. The van der Waals surface area contributed by atoms with Gasteiger partial charge in [-0.05, 0) is 37.5 Å². The Kier molecular flexibility index (Phi) is 6.61. The number of hydrogen-bond donors (Lipinski definition) is 1. The molecule has 0 radical (unpaired) electrons. The molecule has 0 spiro atoms. The normalized spacial score (nSPS) is 11.8. The van der Waals surface area contributed by atoms with E-state index in [2.05, 4.69) is 22.5 Å². The summed E-state index contributed by atoms with van der Waals surface area (Å²) in [5.41, 5.74) is 2.17. The largest absolute Gasteiger partial charge is 0.352 e. The molecule has 0 aliphatic rings. The van der Waals surface area contributed by atoms with Gasteiger partial charge >= 0.3 is 0 Å². The second-order valence-corrected chi connectivity index (χ2v) is 7.09. The zero-order valence-electron chi connectivity index (χ0n) is 15.6. The monoisotopic (exact) mass is 395 g/mol. The molecule has 1 N–H and O–H groups in total. The maximum atomic E-state index is 12.4. The van der Waals surface area contributed by atoms with E-state index in [0.29, 0.717) is 10.7 Å². The van der Waals surface area contributed by atoms with E-state index in [0.717, 1.165) is 23.1 Å². The van der Waals surface area contributed by atoms with Crippen molar-refractivity contribution in [1.29, 1.82) is 0 Å². The van der Waals surface area contributed by atoms with Crippen molar-refractivity contribution in [3.05, 3.63) is 87.7 Å². The summed E-state index contributed by atoms with van der Waals surface area (Å²) in [6.07, 6.45) is 1.69. The van der Waals surface area contributed by atoms with Crippen molar-refractivity contribution in [2.45, 2.75) is 32.4 Å². The van der Waals surface area contributed by atoms with E-state index in [4.69, 9.17) is 11.6 Å². The molecule has 3 rings (SSSR count). The Morgan fingerprint density at radius 2 is 1.79 bits per heavy atom. The first-order valence-corrected chi connectivity index (χ1v) is 9.57. The Hall–Kier alpha value is -2.92. The number of amides is 1. The zero-order chi connectivity index (χ0) is 19.9. The lowest BCUT2D eigenvalue weighted by Crippen LogP contribution is -2.38. The van der Waals surface area contributed by atoms with E-state index in [1.54, 1.807) is 12.1 Å². The van der Waals surface area contributed by atoms with Gasteiger partial charge in [-0.25, -0.2) is 4.68 Å². The van der Waals surface area contributed by atoms with Gasteiger partial charge < -0.3 is 5.32 Å². The Balaban J connectivity index is 1.63. The highest BCUT2D eigenvalue weighted by Crippen LogP contribution is 2.24. The van der Waals surface area contributed by atoms with Crippen LogP contribution in [0.3, 0.4) is 0 Å². The Morgan fingerprint density at radius 3 is 2.54 bits per heavy atom. The van der Waals surface area contributed by atoms with Gasteiger partial charge in [-0.2, -0.15) is 5.10 Å². The highest BCUT2D eigenvalue weighted by molar-refractivity contribution is 6.33. The summed E-state index contributed by atoms with van der Waals surface area (Å²) < 4.78 is 1.16. The van der Waals surface area contributed by atoms with Crippen molar-refractivity contribution < 1.29 is 4.79 Å². The minimum absolute atomic E-state index is 0.00448. The highest BCUT2D eigenvalue weighted by atomic mass is 35.5. The highest BCUT2D eigenvalue weighted by Gasteiger charge is 2.12. The van der Waals surface area contributed by atoms with E-state index in [1.165, 1.54) is 11.6 Å². The summed E-state index contributed by atoms with van der Waals surface area (Å²) in [4.78, 5) is 24.5. The maximum Gasteiger partial charge on any atom is 0.267 e. The van der Waals surface area contributed by atoms with Crippen LogP contribution in [0.1, 0.15) is 18.9 Å². The first kappa shape index (κ1) is 19.8. The van der Waals surface area contributed by atoms with Crippen LogP contribution in [0.4, 0.5) is 0 Å². The van der Waals surface area contributed by atoms with Gasteiger partial charge in [0.05, 0.1) is 10.7 Å². The molecule has 1 heterocycles. The minimum Gasteiger partial charge on any atom is -0.352 e. The fourth-order valence-electron chi connectivity index (χ4n) is 2.93. The number of carbonyl (C=O) groups excluding carboxylic acids is 1. The topological polar surface area (TPSA) is 64.0 Å². The van der Waals surface area contributed by atoms with Gasteiger partial charge in [0.2, 0.25) is 5.91 Å². The number of rotatable bonds is 7. The average Bonchev–Trinajstić information content (AvgIpc) is 2.69. The minimum atomic E-state index is -0.331. The molecular weight excluding hydrogens is 374 g/mol. The summed E-state index contributed by atoms with van der Waals surface area (Å²) in [7, 11) is 0. The fourth-order valence-corrected chi connectivity index (χ4v) is 3.16. The van der Waals surface area contributed by atoms with Crippen LogP contribution in [0.15, 0.2) is 71.5 Å². The van der Waals surface area contributed by atoms with Crippen molar-refractivity contribution in [2.75, 3.05) is 0 Å². The van der Waals surface area contributed by atoms with Crippen LogP contribution in [-0.2, 0) is 17.8 Å². The molecule has 0 aliphatic carbocycles. The predicted molar refractivity (Wildman–Crippen MR) is 111 cm³/mol. The van der Waals surface area contributed by atoms with Gasteiger partial charge in [0.1, 0.15) is 6.54 Å². The summed E-state index contributed by atoms with van der Waals surface area (Å²) >= 11 is 6.20. The number of nitrogens with zero attached hydrogens (tertiary/aromatic N) is 2. The van der Waals surface area contributed by atoms with Crippen LogP contribution in [0.2, 0.25) is 5.02 Å². The molecule has 5 nitrogen and oxygen atoms in total. The summed E-state index contributed by atoms with van der Waals surface area (Å²) in [6.45, 7) is 1.82. The molecule has 6 heteroatoms. The summed E-state index contributed by atoms with van der Waals surface area (Å²) in [6, 6.07) is 20.4.